The van der Waals surface area contributed by atoms with Gasteiger partial charge in [0.25, 0.3) is 5.91 Å². The Bertz CT molecular complexity index is 439. The van der Waals surface area contributed by atoms with E-state index < -0.39 is 0 Å². The van der Waals surface area contributed by atoms with Gasteiger partial charge in [-0.25, -0.2) is 0 Å². The van der Waals surface area contributed by atoms with Gasteiger partial charge in [-0.3, -0.25) is 4.79 Å². The second-order valence-electron chi connectivity index (χ2n) is 5.25. The Morgan fingerprint density at radius 3 is 2.63 bits per heavy atom. The van der Waals surface area contributed by atoms with Crippen LogP contribution in [0.25, 0.3) is 0 Å². The maximum absolute atomic E-state index is 11.8. The minimum Gasteiger partial charge on any atom is -0.504 e. The number of amides is 1. The molecule has 104 valence electrons. The summed E-state index contributed by atoms with van der Waals surface area (Å²) in [6.07, 6.45) is 7.55. The van der Waals surface area contributed by atoms with Gasteiger partial charge in [-0.1, -0.05) is 25.7 Å². The molecule has 0 saturated heterocycles. The van der Waals surface area contributed by atoms with Gasteiger partial charge in [0.15, 0.2) is 11.5 Å². The van der Waals surface area contributed by atoms with Crippen molar-refractivity contribution in [1.29, 1.82) is 0 Å². The number of benzene rings is 1. The minimum atomic E-state index is -0.265. The molecule has 1 aliphatic carbocycles. The topological polar surface area (TPSA) is 69.6 Å². The highest BCUT2D eigenvalue weighted by Gasteiger charge is 2.14. The van der Waals surface area contributed by atoms with E-state index in [1.54, 1.807) is 0 Å². The molecule has 1 aromatic carbocycles. The van der Waals surface area contributed by atoms with Crippen LogP contribution in [0.4, 0.5) is 0 Å². The Kier molecular flexibility index (Phi) is 4.66. The second kappa shape index (κ2) is 6.45. The molecule has 0 spiro atoms. The van der Waals surface area contributed by atoms with Gasteiger partial charge in [0.2, 0.25) is 0 Å². The lowest BCUT2D eigenvalue weighted by Crippen LogP contribution is -2.24. The van der Waals surface area contributed by atoms with Crippen molar-refractivity contribution in [2.75, 3.05) is 6.54 Å². The van der Waals surface area contributed by atoms with Crippen molar-refractivity contribution in [2.45, 2.75) is 38.5 Å². The molecule has 1 saturated carbocycles. The molecule has 2 rings (SSSR count). The first-order valence-corrected chi connectivity index (χ1v) is 6.97. The molecule has 0 unspecified atom stereocenters. The SMILES string of the molecule is O=C(NCCCC1CCCC1)c1ccc(O)c(O)c1. The summed E-state index contributed by atoms with van der Waals surface area (Å²) in [6.45, 7) is 0.664. The van der Waals surface area contributed by atoms with Gasteiger partial charge in [0, 0.05) is 12.1 Å². The average molecular weight is 263 g/mol. The van der Waals surface area contributed by atoms with Crippen LogP contribution in [0.3, 0.4) is 0 Å². The third-order valence-electron chi connectivity index (χ3n) is 3.79. The number of carbonyl (C=O) groups excluding carboxylic acids is 1. The van der Waals surface area contributed by atoms with Crippen molar-refractivity contribution in [3.8, 4) is 11.5 Å². The van der Waals surface area contributed by atoms with Crippen molar-refractivity contribution in [3.05, 3.63) is 23.8 Å². The molecule has 0 bridgehead atoms. The largest absolute Gasteiger partial charge is 0.504 e. The second-order valence-corrected chi connectivity index (χ2v) is 5.25. The van der Waals surface area contributed by atoms with Crippen LogP contribution in [0.2, 0.25) is 0 Å². The lowest BCUT2D eigenvalue weighted by Gasteiger charge is -2.09. The van der Waals surface area contributed by atoms with E-state index in [4.69, 9.17) is 0 Å². The molecule has 4 nitrogen and oxygen atoms in total. The van der Waals surface area contributed by atoms with E-state index in [2.05, 4.69) is 5.32 Å². The molecule has 0 heterocycles. The van der Waals surface area contributed by atoms with Crippen molar-refractivity contribution in [1.82, 2.24) is 5.32 Å². The van der Waals surface area contributed by atoms with Gasteiger partial charge in [-0.15, -0.1) is 0 Å². The van der Waals surface area contributed by atoms with Crippen LogP contribution in [0.1, 0.15) is 48.9 Å². The molecular formula is C15H21NO3. The molecule has 0 aromatic heterocycles. The fraction of sp³-hybridized carbons (Fsp3) is 0.533. The summed E-state index contributed by atoms with van der Waals surface area (Å²) < 4.78 is 0. The number of aromatic hydroxyl groups is 2. The third kappa shape index (κ3) is 3.88. The predicted molar refractivity (Wildman–Crippen MR) is 73.3 cm³/mol. The molecule has 0 atom stereocenters. The highest BCUT2D eigenvalue weighted by molar-refractivity contribution is 5.94. The van der Waals surface area contributed by atoms with Gasteiger partial charge >= 0.3 is 0 Å². The predicted octanol–water partition coefficient (Wildman–Crippen LogP) is 2.80. The molecule has 1 aliphatic rings. The lowest BCUT2D eigenvalue weighted by molar-refractivity contribution is 0.0952. The minimum absolute atomic E-state index is 0.207. The number of nitrogens with one attached hydrogen (secondary N) is 1. The summed E-state index contributed by atoms with van der Waals surface area (Å²) in [6, 6.07) is 4.10. The maximum atomic E-state index is 11.8. The summed E-state index contributed by atoms with van der Waals surface area (Å²) in [4.78, 5) is 11.8. The maximum Gasteiger partial charge on any atom is 0.251 e. The normalized spacial score (nSPS) is 15.6. The summed E-state index contributed by atoms with van der Waals surface area (Å²) >= 11 is 0. The Morgan fingerprint density at radius 1 is 1.21 bits per heavy atom. The quantitative estimate of drug-likeness (QED) is 0.565. The lowest BCUT2D eigenvalue weighted by atomic mass is 10.0. The smallest absolute Gasteiger partial charge is 0.251 e. The first-order valence-electron chi connectivity index (χ1n) is 6.97. The van der Waals surface area contributed by atoms with Crippen LogP contribution in [0.15, 0.2) is 18.2 Å². The van der Waals surface area contributed by atoms with Gasteiger partial charge in [0.1, 0.15) is 0 Å². The molecule has 3 N–H and O–H groups in total. The molecule has 0 aliphatic heterocycles. The van der Waals surface area contributed by atoms with E-state index in [0.29, 0.717) is 12.1 Å². The Hall–Kier alpha value is -1.71. The first-order chi connectivity index (χ1) is 9.16. The number of phenolic OH excluding ortho intramolecular Hbond substituents is 2. The molecule has 1 aromatic rings. The fourth-order valence-corrected chi connectivity index (χ4v) is 2.66. The first kappa shape index (κ1) is 13.7. The zero-order chi connectivity index (χ0) is 13.7. The van der Waals surface area contributed by atoms with Gasteiger partial charge < -0.3 is 15.5 Å². The van der Waals surface area contributed by atoms with Crippen molar-refractivity contribution < 1.29 is 15.0 Å². The third-order valence-corrected chi connectivity index (χ3v) is 3.79. The van der Waals surface area contributed by atoms with Crippen molar-refractivity contribution in [3.63, 3.8) is 0 Å². The standard InChI is InChI=1S/C15H21NO3/c17-13-8-7-12(10-14(13)18)15(19)16-9-3-6-11-4-1-2-5-11/h7-8,10-11,17-18H,1-6,9H2,(H,16,19). The Labute approximate surface area is 113 Å². The van der Waals surface area contributed by atoms with E-state index in [9.17, 15) is 15.0 Å². The average Bonchev–Trinajstić information content (AvgIpc) is 2.91. The molecule has 1 fully saturated rings. The van der Waals surface area contributed by atoms with Crippen LogP contribution in [0, 0.1) is 5.92 Å². The number of hydrogen-bond acceptors (Lipinski definition) is 3. The van der Waals surface area contributed by atoms with E-state index in [1.165, 1.54) is 50.3 Å². The molecular weight excluding hydrogens is 242 g/mol. The summed E-state index contributed by atoms with van der Waals surface area (Å²) in [5.41, 5.74) is 0.371. The van der Waals surface area contributed by atoms with E-state index in [-0.39, 0.29) is 17.4 Å². The van der Waals surface area contributed by atoms with Gasteiger partial charge in [-0.2, -0.15) is 0 Å². The molecule has 19 heavy (non-hydrogen) atoms. The number of hydrogen-bond donors (Lipinski definition) is 3. The molecule has 4 heteroatoms. The van der Waals surface area contributed by atoms with Gasteiger partial charge in [-0.05, 0) is 37.0 Å². The van der Waals surface area contributed by atoms with Gasteiger partial charge in [0.05, 0.1) is 0 Å². The van der Waals surface area contributed by atoms with E-state index in [1.807, 2.05) is 0 Å². The van der Waals surface area contributed by atoms with Crippen LogP contribution in [-0.2, 0) is 0 Å². The molecule has 0 radical (unpaired) electrons. The van der Waals surface area contributed by atoms with Crippen LogP contribution in [-0.4, -0.2) is 22.7 Å². The zero-order valence-corrected chi connectivity index (χ0v) is 11.1. The number of phenols is 2. The summed E-state index contributed by atoms with van der Waals surface area (Å²) in [5.74, 6) is 0.160. The number of rotatable bonds is 5. The molecule has 1 amide bonds. The number of carbonyl (C=O) groups is 1. The zero-order valence-electron chi connectivity index (χ0n) is 11.1. The highest BCUT2D eigenvalue weighted by atomic mass is 16.3. The Balaban J connectivity index is 1.72. The van der Waals surface area contributed by atoms with Crippen LogP contribution in [0.5, 0.6) is 11.5 Å². The Morgan fingerprint density at radius 2 is 1.95 bits per heavy atom. The monoisotopic (exact) mass is 263 g/mol. The summed E-state index contributed by atoms with van der Waals surface area (Å²) in [7, 11) is 0. The van der Waals surface area contributed by atoms with Crippen LogP contribution < -0.4 is 5.32 Å². The van der Waals surface area contributed by atoms with Crippen molar-refractivity contribution in [2.24, 2.45) is 5.92 Å². The van der Waals surface area contributed by atoms with E-state index in [0.717, 1.165) is 12.3 Å². The highest BCUT2D eigenvalue weighted by Crippen LogP contribution is 2.28. The van der Waals surface area contributed by atoms with Crippen molar-refractivity contribution >= 4 is 5.91 Å². The fourth-order valence-electron chi connectivity index (χ4n) is 2.66. The van der Waals surface area contributed by atoms with E-state index >= 15 is 0 Å². The summed E-state index contributed by atoms with van der Waals surface area (Å²) in [5, 5.41) is 21.4. The van der Waals surface area contributed by atoms with Crippen LogP contribution >= 0.6 is 0 Å².